The van der Waals surface area contributed by atoms with E-state index in [1.807, 2.05) is 18.3 Å². The minimum absolute atomic E-state index is 0.601. The highest BCUT2D eigenvalue weighted by atomic mass is 16.5. The van der Waals surface area contributed by atoms with E-state index in [4.69, 9.17) is 4.74 Å². The molecule has 3 heterocycles. The normalized spacial score (nSPS) is 19.3. The summed E-state index contributed by atoms with van der Waals surface area (Å²) in [5.41, 5.74) is 1.02. The Bertz CT molecular complexity index is 490. The highest BCUT2D eigenvalue weighted by molar-refractivity contribution is 5.43. The van der Waals surface area contributed by atoms with Gasteiger partial charge >= 0.3 is 0 Å². The van der Waals surface area contributed by atoms with Crippen LogP contribution in [0.25, 0.3) is 5.82 Å². The Morgan fingerprint density at radius 2 is 2.42 bits per heavy atom. The zero-order valence-corrected chi connectivity index (χ0v) is 10.7. The molecule has 1 N–H and O–H groups in total. The first-order chi connectivity index (χ1) is 9.42. The summed E-state index contributed by atoms with van der Waals surface area (Å²) in [7, 11) is 0. The van der Waals surface area contributed by atoms with E-state index in [0.29, 0.717) is 5.92 Å². The molecule has 0 amide bonds. The fraction of sp³-hybridized carbons (Fsp3) is 0.462. The molecule has 3 rings (SSSR count). The molecule has 2 aromatic heterocycles. The fourth-order valence-corrected chi connectivity index (χ4v) is 2.18. The molecule has 100 valence electrons. The number of anilines is 1. The molecule has 1 atom stereocenters. The van der Waals surface area contributed by atoms with E-state index in [-0.39, 0.29) is 0 Å². The summed E-state index contributed by atoms with van der Waals surface area (Å²) in [5.74, 6) is 1.37. The minimum atomic E-state index is 0.601. The predicted octanol–water partition coefficient (Wildman–Crippen LogP) is 1.50. The summed E-state index contributed by atoms with van der Waals surface area (Å²) < 4.78 is 7.10. The number of nitrogens with zero attached hydrogens (tertiary/aromatic N) is 4. The maximum absolute atomic E-state index is 5.46. The lowest BCUT2D eigenvalue weighted by Crippen LogP contribution is -2.24. The lowest BCUT2D eigenvalue weighted by atomic mass is 10.0. The Morgan fingerprint density at radius 1 is 1.42 bits per heavy atom. The van der Waals surface area contributed by atoms with Gasteiger partial charge in [0.2, 0.25) is 0 Å². The van der Waals surface area contributed by atoms with Crippen LogP contribution in [-0.2, 0) is 4.74 Å². The minimum Gasteiger partial charge on any atom is -0.383 e. The number of hydrogen-bond donors (Lipinski definition) is 1. The van der Waals surface area contributed by atoms with Crippen molar-refractivity contribution in [2.75, 3.05) is 25.1 Å². The largest absolute Gasteiger partial charge is 0.383 e. The van der Waals surface area contributed by atoms with Gasteiger partial charge in [0.1, 0.15) is 12.7 Å². The van der Waals surface area contributed by atoms with Crippen molar-refractivity contribution in [1.82, 2.24) is 19.7 Å². The first-order valence-corrected chi connectivity index (χ1v) is 6.54. The van der Waals surface area contributed by atoms with Crippen LogP contribution in [0.2, 0.25) is 0 Å². The number of ether oxygens (including phenoxy) is 1. The highest BCUT2D eigenvalue weighted by Crippen LogP contribution is 2.15. The molecule has 1 aliphatic heterocycles. The van der Waals surface area contributed by atoms with Crippen molar-refractivity contribution >= 4 is 5.69 Å². The molecule has 0 spiro atoms. The maximum atomic E-state index is 5.46. The average Bonchev–Trinajstić information content (AvgIpc) is 3.01. The molecule has 0 aromatic carbocycles. The summed E-state index contributed by atoms with van der Waals surface area (Å²) in [4.78, 5) is 8.25. The molecule has 0 saturated carbocycles. The van der Waals surface area contributed by atoms with Crippen molar-refractivity contribution in [3.05, 3.63) is 31.0 Å². The Balaban J connectivity index is 1.57. The summed E-state index contributed by atoms with van der Waals surface area (Å²) in [5, 5.41) is 7.44. The summed E-state index contributed by atoms with van der Waals surface area (Å²) >= 11 is 0. The van der Waals surface area contributed by atoms with E-state index in [2.05, 4.69) is 20.4 Å². The van der Waals surface area contributed by atoms with Crippen LogP contribution in [-0.4, -0.2) is 39.5 Å². The van der Waals surface area contributed by atoms with Gasteiger partial charge in [0, 0.05) is 13.2 Å². The van der Waals surface area contributed by atoms with E-state index in [1.54, 1.807) is 11.0 Å². The summed E-state index contributed by atoms with van der Waals surface area (Å²) in [6.07, 6.45) is 7.35. The Labute approximate surface area is 111 Å². The van der Waals surface area contributed by atoms with E-state index >= 15 is 0 Å². The number of pyridine rings is 1. The van der Waals surface area contributed by atoms with Gasteiger partial charge < -0.3 is 10.1 Å². The second-order valence-corrected chi connectivity index (χ2v) is 4.71. The van der Waals surface area contributed by atoms with Gasteiger partial charge in [-0.05, 0) is 30.9 Å². The Hall–Kier alpha value is -1.95. The van der Waals surface area contributed by atoms with E-state index in [0.717, 1.165) is 37.7 Å². The number of nitrogens with one attached hydrogen (secondary N) is 1. The van der Waals surface area contributed by atoms with Crippen LogP contribution in [0.1, 0.15) is 12.8 Å². The molecule has 2 aromatic rings. The average molecular weight is 259 g/mol. The van der Waals surface area contributed by atoms with Crippen LogP contribution in [0.3, 0.4) is 0 Å². The van der Waals surface area contributed by atoms with Crippen LogP contribution in [0.4, 0.5) is 5.69 Å². The second-order valence-electron chi connectivity index (χ2n) is 4.71. The molecule has 1 aliphatic rings. The van der Waals surface area contributed by atoms with Gasteiger partial charge in [-0.25, -0.2) is 14.6 Å². The molecule has 6 nitrogen and oxygen atoms in total. The number of aromatic nitrogens is 4. The molecule has 6 heteroatoms. The van der Waals surface area contributed by atoms with Gasteiger partial charge in [-0.2, -0.15) is 5.10 Å². The second kappa shape index (κ2) is 5.79. The molecular weight excluding hydrogens is 242 g/mol. The first kappa shape index (κ1) is 12.1. The lowest BCUT2D eigenvalue weighted by molar-refractivity contribution is 0.0595. The third-order valence-corrected chi connectivity index (χ3v) is 3.25. The zero-order valence-electron chi connectivity index (χ0n) is 10.7. The monoisotopic (exact) mass is 259 g/mol. The molecule has 0 bridgehead atoms. The van der Waals surface area contributed by atoms with Crippen molar-refractivity contribution in [3.63, 3.8) is 0 Å². The van der Waals surface area contributed by atoms with Crippen molar-refractivity contribution in [1.29, 1.82) is 0 Å². The van der Waals surface area contributed by atoms with Crippen molar-refractivity contribution in [2.45, 2.75) is 12.8 Å². The van der Waals surface area contributed by atoms with Crippen molar-refractivity contribution < 1.29 is 4.74 Å². The number of rotatable bonds is 4. The molecule has 19 heavy (non-hydrogen) atoms. The zero-order chi connectivity index (χ0) is 12.9. The molecule has 0 radical (unpaired) electrons. The topological polar surface area (TPSA) is 64.9 Å². The van der Waals surface area contributed by atoms with Crippen molar-refractivity contribution in [2.24, 2.45) is 5.92 Å². The molecule has 1 unspecified atom stereocenters. The van der Waals surface area contributed by atoms with Gasteiger partial charge in [0.15, 0.2) is 5.82 Å². The molecule has 0 aliphatic carbocycles. The molecular formula is C13H17N5O. The van der Waals surface area contributed by atoms with Crippen LogP contribution < -0.4 is 5.32 Å². The van der Waals surface area contributed by atoms with Gasteiger partial charge in [0.25, 0.3) is 0 Å². The Kier molecular flexibility index (Phi) is 3.69. The predicted molar refractivity (Wildman–Crippen MR) is 71.2 cm³/mol. The SMILES string of the molecule is c1ncn(-c2ccc(NCC3CCCOC3)cn2)n1. The van der Waals surface area contributed by atoms with Gasteiger partial charge in [0.05, 0.1) is 18.5 Å². The Morgan fingerprint density at radius 3 is 3.11 bits per heavy atom. The standard InChI is InChI=1S/C13H17N5O/c1-2-11(8-19-5-1)6-15-12-3-4-13(16-7-12)18-10-14-9-17-18/h3-4,7,9-11,15H,1-2,5-6,8H2. The quantitative estimate of drug-likeness (QED) is 0.901. The summed E-state index contributed by atoms with van der Waals surface area (Å²) in [6, 6.07) is 3.93. The van der Waals surface area contributed by atoms with E-state index in [9.17, 15) is 0 Å². The lowest BCUT2D eigenvalue weighted by Gasteiger charge is -2.22. The smallest absolute Gasteiger partial charge is 0.155 e. The van der Waals surface area contributed by atoms with E-state index in [1.165, 1.54) is 12.7 Å². The third-order valence-electron chi connectivity index (χ3n) is 3.25. The van der Waals surface area contributed by atoms with Gasteiger partial charge in [-0.1, -0.05) is 0 Å². The first-order valence-electron chi connectivity index (χ1n) is 6.54. The van der Waals surface area contributed by atoms with Crippen LogP contribution >= 0.6 is 0 Å². The molecule has 1 fully saturated rings. The fourth-order valence-electron chi connectivity index (χ4n) is 2.18. The highest BCUT2D eigenvalue weighted by Gasteiger charge is 2.13. The third kappa shape index (κ3) is 3.08. The van der Waals surface area contributed by atoms with Crippen LogP contribution in [0.5, 0.6) is 0 Å². The summed E-state index contributed by atoms with van der Waals surface area (Å²) in [6.45, 7) is 2.70. The van der Waals surface area contributed by atoms with Crippen molar-refractivity contribution in [3.8, 4) is 5.82 Å². The maximum Gasteiger partial charge on any atom is 0.155 e. The van der Waals surface area contributed by atoms with Gasteiger partial charge in [-0.15, -0.1) is 0 Å². The molecule has 1 saturated heterocycles. The van der Waals surface area contributed by atoms with Crippen LogP contribution in [0, 0.1) is 5.92 Å². The number of hydrogen-bond acceptors (Lipinski definition) is 5. The van der Waals surface area contributed by atoms with E-state index < -0.39 is 0 Å². The van der Waals surface area contributed by atoms with Gasteiger partial charge in [-0.3, -0.25) is 0 Å². The van der Waals surface area contributed by atoms with Crippen LogP contribution in [0.15, 0.2) is 31.0 Å².